The van der Waals surface area contributed by atoms with Crippen molar-refractivity contribution in [1.82, 2.24) is 4.90 Å². The molecule has 3 unspecified atom stereocenters. The lowest BCUT2D eigenvalue weighted by atomic mass is 9.90. The van der Waals surface area contributed by atoms with E-state index in [1.807, 2.05) is 24.3 Å². The minimum atomic E-state index is 0. The summed E-state index contributed by atoms with van der Waals surface area (Å²) < 4.78 is 5.83. The summed E-state index contributed by atoms with van der Waals surface area (Å²) in [4.78, 5) is 3.16. The van der Waals surface area contributed by atoms with Crippen molar-refractivity contribution in [3.05, 3.63) is 12.4 Å². The Morgan fingerprint density at radius 2 is 2.17 bits per heavy atom. The molecule has 3 atom stereocenters. The van der Waals surface area contributed by atoms with Gasteiger partial charge < -0.3 is 22.4 Å². The molecule has 106 valence electrons. The van der Waals surface area contributed by atoms with Crippen LogP contribution in [0.5, 0.6) is 0 Å². The molecule has 5 nitrogen and oxygen atoms in total. The third-order valence-electron chi connectivity index (χ3n) is 3.25. The van der Waals surface area contributed by atoms with E-state index in [1.54, 1.807) is 0 Å². The summed E-state index contributed by atoms with van der Waals surface area (Å²) >= 11 is 0. The third-order valence-corrected chi connectivity index (χ3v) is 3.25. The van der Waals surface area contributed by atoms with Crippen LogP contribution in [-0.4, -0.2) is 42.4 Å². The van der Waals surface area contributed by atoms with E-state index >= 15 is 0 Å². The first-order valence-electron chi connectivity index (χ1n) is 5.93. The Balaban J connectivity index is 0.00000289. The number of nitrogens with one attached hydrogen (secondary N) is 1. The second-order valence-electron chi connectivity index (χ2n) is 5.59. The Bertz CT molecular complexity index is 302. The van der Waals surface area contributed by atoms with Crippen molar-refractivity contribution in [2.24, 2.45) is 10.6 Å². The van der Waals surface area contributed by atoms with Crippen LogP contribution >= 0.6 is 0 Å². The number of halogens is 1. The van der Waals surface area contributed by atoms with Gasteiger partial charge in [0.05, 0.1) is 19.4 Å². The molecule has 0 saturated carbocycles. The van der Waals surface area contributed by atoms with Crippen molar-refractivity contribution in [3.8, 4) is 0 Å². The SMILES string of the molecule is CC(OCN1C=C[NH+](C)C1/C=N\O)C(C)(C)C.[Cl-]. The van der Waals surface area contributed by atoms with Gasteiger partial charge in [0.15, 0.2) is 0 Å². The third kappa shape index (κ3) is 4.48. The van der Waals surface area contributed by atoms with Crippen LogP contribution < -0.4 is 17.3 Å². The van der Waals surface area contributed by atoms with Crippen molar-refractivity contribution in [1.29, 1.82) is 0 Å². The Morgan fingerprint density at radius 1 is 1.56 bits per heavy atom. The summed E-state index contributed by atoms with van der Waals surface area (Å²) in [5.74, 6) is 0. The number of quaternary nitrogens is 1. The van der Waals surface area contributed by atoms with Crippen LogP contribution in [0, 0.1) is 5.41 Å². The predicted molar refractivity (Wildman–Crippen MR) is 66.8 cm³/mol. The lowest BCUT2D eigenvalue weighted by Crippen LogP contribution is -3.09. The Hall–Kier alpha value is -0.780. The van der Waals surface area contributed by atoms with Gasteiger partial charge in [-0.05, 0) is 12.3 Å². The molecule has 0 fully saturated rings. The highest BCUT2D eigenvalue weighted by Gasteiger charge is 2.28. The quantitative estimate of drug-likeness (QED) is 0.339. The minimum Gasteiger partial charge on any atom is -1.00 e. The van der Waals surface area contributed by atoms with Crippen LogP contribution in [0.25, 0.3) is 0 Å². The predicted octanol–water partition coefficient (Wildman–Crippen LogP) is -2.51. The largest absolute Gasteiger partial charge is 1.00 e. The number of oxime groups is 1. The van der Waals surface area contributed by atoms with E-state index in [1.165, 1.54) is 6.21 Å². The molecule has 0 aromatic carbocycles. The number of rotatable bonds is 4. The first kappa shape index (κ1) is 17.2. The van der Waals surface area contributed by atoms with E-state index in [4.69, 9.17) is 9.94 Å². The van der Waals surface area contributed by atoms with Crippen LogP contribution in [0.1, 0.15) is 27.7 Å². The Kier molecular flexibility index (Phi) is 6.67. The zero-order valence-corrected chi connectivity index (χ0v) is 12.5. The molecule has 0 aromatic heterocycles. The van der Waals surface area contributed by atoms with Crippen molar-refractivity contribution >= 4 is 6.21 Å². The molecule has 0 aliphatic carbocycles. The molecule has 1 heterocycles. The van der Waals surface area contributed by atoms with Crippen LogP contribution in [-0.2, 0) is 4.74 Å². The highest BCUT2D eigenvalue weighted by Crippen LogP contribution is 2.21. The molecule has 0 saturated heterocycles. The molecule has 1 rings (SSSR count). The van der Waals surface area contributed by atoms with Gasteiger partial charge >= 0.3 is 0 Å². The average molecular weight is 278 g/mol. The van der Waals surface area contributed by atoms with E-state index in [0.717, 1.165) is 4.90 Å². The van der Waals surface area contributed by atoms with Gasteiger partial charge in [-0.1, -0.05) is 25.9 Å². The Labute approximate surface area is 115 Å². The van der Waals surface area contributed by atoms with E-state index in [9.17, 15) is 0 Å². The van der Waals surface area contributed by atoms with Crippen molar-refractivity contribution in [2.75, 3.05) is 13.8 Å². The van der Waals surface area contributed by atoms with Gasteiger partial charge in [0.25, 0.3) is 0 Å². The van der Waals surface area contributed by atoms with Crippen molar-refractivity contribution in [3.63, 3.8) is 0 Å². The smallest absolute Gasteiger partial charge is 0.209 e. The van der Waals surface area contributed by atoms with Crippen LogP contribution in [0.3, 0.4) is 0 Å². The molecule has 0 amide bonds. The lowest BCUT2D eigenvalue weighted by Gasteiger charge is -2.30. The van der Waals surface area contributed by atoms with E-state index in [2.05, 4.69) is 32.9 Å². The van der Waals surface area contributed by atoms with Gasteiger partial charge in [0.1, 0.15) is 19.1 Å². The summed E-state index contributed by atoms with van der Waals surface area (Å²) in [6.45, 7) is 9.04. The van der Waals surface area contributed by atoms with Crippen LogP contribution in [0.4, 0.5) is 0 Å². The zero-order valence-electron chi connectivity index (χ0n) is 11.7. The second-order valence-corrected chi connectivity index (χ2v) is 5.59. The fraction of sp³-hybridized carbons (Fsp3) is 0.750. The normalized spacial score (nSPS) is 25.5. The maximum Gasteiger partial charge on any atom is 0.209 e. The maximum atomic E-state index is 8.63. The van der Waals surface area contributed by atoms with Gasteiger partial charge in [-0.3, -0.25) is 9.80 Å². The first-order valence-corrected chi connectivity index (χ1v) is 5.93. The minimum absolute atomic E-state index is 0. The number of hydrogen-bond acceptors (Lipinski definition) is 4. The molecular weight excluding hydrogens is 254 g/mol. The lowest BCUT2D eigenvalue weighted by molar-refractivity contribution is -0.844. The van der Waals surface area contributed by atoms with Gasteiger partial charge in [-0.2, -0.15) is 0 Å². The highest BCUT2D eigenvalue weighted by atomic mass is 35.5. The highest BCUT2D eigenvalue weighted by molar-refractivity contribution is 5.61. The average Bonchev–Trinajstić information content (AvgIpc) is 2.56. The van der Waals surface area contributed by atoms with Crippen LogP contribution in [0.15, 0.2) is 17.6 Å². The second kappa shape index (κ2) is 6.97. The fourth-order valence-electron chi connectivity index (χ4n) is 1.50. The molecule has 1 aliphatic rings. The first-order chi connectivity index (χ1) is 7.86. The molecule has 6 heteroatoms. The standard InChI is InChI=1S/C12H23N3O2.ClH/c1-10(12(2,3)4)17-9-15-7-6-14(5)11(15)8-13-16;/h6-8,10-11,16H,9H2,1-5H3;1H/b13-8-;. The van der Waals surface area contributed by atoms with Crippen LogP contribution in [0.2, 0.25) is 0 Å². The topological polar surface area (TPSA) is 49.5 Å². The van der Waals surface area contributed by atoms with E-state index in [0.29, 0.717) is 6.73 Å². The molecular formula is C12H24ClN3O2. The molecule has 18 heavy (non-hydrogen) atoms. The van der Waals surface area contributed by atoms with Crippen molar-refractivity contribution in [2.45, 2.75) is 40.0 Å². The van der Waals surface area contributed by atoms with Gasteiger partial charge in [-0.25, -0.2) is 0 Å². The molecule has 0 bridgehead atoms. The number of nitrogens with zero attached hydrogens (tertiary/aromatic N) is 2. The number of hydrogen-bond donors (Lipinski definition) is 2. The summed E-state index contributed by atoms with van der Waals surface area (Å²) in [5.41, 5.74) is 0.128. The van der Waals surface area contributed by atoms with E-state index < -0.39 is 0 Å². The molecule has 2 N–H and O–H groups in total. The molecule has 0 spiro atoms. The number of ether oxygens (including phenoxy) is 1. The van der Waals surface area contributed by atoms with Crippen molar-refractivity contribution < 1.29 is 27.3 Å². The Morgan fingerprint density at radius 3 is 2.67 bits per heavy atom. The summed E-state index contributed by atoms with van der Waals surface area (Å²) in [7, 11) is 2.01. The fourth-order valence-corrected chi connectivity index (χ4v) is 1.50. The molecule has 0 radical (unpaired) electrons. The maximum absolute atomic E-state index is 8.63. The molecule has 1 aliphatic heterocycles. The van der Waals surface area contributed by atoms with E-state index in [-0.39, 0.29) is 30.1 Å². The zero-order chi connectivity index (χ0) is 13.1. The summed E-state index contributed by atoms with van der Waals surface area (Å²) in [6, 6.07) is 0. The van der Waals surface area contributed by atoms with Gasteiger partial charge in [0.2, 0.25) is 6.17 Å². The van der Waals surface area contributed by atoms with Gasteiger partial charge in [-0.15, -0.1) is 0 Å². The summed E-state index contributed by atoms with van der Waals surface area (Å²) in [6.07, 6.45) is 5.67. The molecule has 0 aromatic rings. The summed E-state index contributed by atoms with van der Waals surface area (Å²) in [5, 5.41) is 11.7. The monoisotopic (exact) mass is 277 g/mol. The van der Waals surface area contributed by atoms with Gasteiger partial charge in [0, 0.05) is 0 Å².